The van der Waals surface area contributed by atoms with E-state index >= 15 is 0 Å². The number of anilines is 1. The van der Waals surface area contributed by atoms with Crippen LogP contribution in [0.1, 0.15) is 44.1 Å². The average Bonchev–Trinajstić information content (AvgIpc) is 3.46. The van der Waals surface area contributed by atoms with Gasteiger partial charge >= 0.3 is 0 Å². The summed E-state index contributed by atoms with van der Waals surface area (Å²) < 4.78 is 27.7. The number of pyridine rings is 1. The third kappa shape index (κ3) is 4.77. The van der Waals surface area contributed by atoms with Crippen molar-refractivity contribution in [2.24, 2.45) is 11.8 Å². The summed E-state index contributed by atoms with van der Waals surface area (Å²) in [5, 5.41) is 13.7. The number of nitriles is 1. The highest BCUT2D eigenvalue weighted by atomic mass is 32.2. The van der Waals surface area contributed by atoms with Crippen LogP contribution in [0, 0.1) is 23.2 Å². The second kappa shape index (κ2) is 9.77. The Balaban J connectivity index is 1.36. The normalized spacial score (nSPS) is 24.6. The van der Waals surface area contributed by atoms with Crippen molar-refractivity contribution in [1.29, 1.82) is 5.26 Å². The van der Waals surface area contributed by atoms with Crippen LogP contribution in [0.2, 0.25) is 0 Å². The van der Waals surface area contributed by atoms with E-state index in [1.54, 1.807) is 10.5 Å². The Hall–Kier alpha value is -2.15. The molecule has 0 aromatic carbocycles. The molecular weight excluding hydrogens is 424 g/mol. The van der Waals surface area contributed by atoms with Crippen LogP contribution >= 0.6 is 0 Å². The highest BCUT2D eigenvalue weighted by Crippen LogP contribution is 2.35. The second-order valence-corrected chi connectivity index (χ2v) is 11.4. The van der Waals surface area contributed by atoms with Crippen molar-refractivity contribution in [3.8, 4) is 6.07 Å². The highest BCUT2D eigenvalue weighted by molar-refractivity contribution is 7.89. The summed E-state index contributed by atoms with van der Waals surface area (Å²) >= 11 is 0. The van der Waals surface area contributed by atoms with Crippen LogP contribution in [-0.4, -0.2) is 68.2 Å². The fraction of sp³-hybridized carbons (Fsp3) is 0.652. The molecule has 1 unspecified atom stereocenters. The van der Waals surface area contributed by atoms with Crippen LogP contribution in [0.4, 0.5) is 5.69 Å². The third-order valence-corrected chi connectivity index (χ3v) is 9.30. The lowest BCUT2D eigenvalue weighted by Crippen LogP contribution is -2.39. The molecule has 2 aliphatic rings. The van der Waals surface area contributed by atoms with Gasteiger partial charge in [-0.05, 0) is 70.0 Å². The number of aromatic nitrogens is 2. The summed E-state index contributed by atoms with van der Waals surface area (Å²) in [6, 6.07) is 4.53. The molecule has 0 bridgehead atoms. The molecule has 1 aliphatic heterocycles. The molecule has 1 atom stereocenters. The van der Waals surface area contributed by atoms with Gasteiger partial charge in [0, 0.05) is 44.0 Å². The van der Waals surface area contributed by atoms with Crippen LogP contribution in [-0.2, 0) is 10.0 Å². The predicted molar refractivity (Wildman–Crippen MR) is 127 cm³/mol. The van der Waals surface area contributed by atoms with Crippen molar-refractivity contribution < 1.29 is 8.42 Å². The summed E-state index contributed by atoms with van der Waals surface area (Å²) in [7, 11) is 0.784. The largest absolute Gasteiger partial charge is 0.370 e. The van der Waals surface area contributed by atoms with E-state index in [0.717, 1.165) is 61.8 Å². The monoisotopic (exact) mass is 458 g/mol. The first-order valence-electron chi connectivity index (χ1n) is 11.6. The molecule has 3 heterocycles. The topological polar surface area (TPSA) is 105 Å². The van der Waals surface area contributed by atoms with Crippen LogP contribution in [0.25, 0.3) is 11.0 Å². The minimum absolute atomic E-state index is 0.209. The van der Waals surface area contributed by atoms with Crippen molar-refractivity contribution in [1.82, 2.24) is 19.6 Å². The van der Waals surface area contributed by atoms with E-state index < -0.39 is 10.0 Å². The summed E-state index contributed by atoms with van der Waals surface area (Å²) in [6.45, 7) is 2.28. The first-order valence-corrected chi connectivity index (χ1v) is 13.2. The number of nitrogens with zero attached hydrogens (tertiary/aromatic N) is 4. The standard InChI is InChI=1S/C23H34N6O2S/c1-25-10-7-17-9-12-29(15-17)32(30,31)16-18-3-5-20(6-4-18)28(2)22-19(13-24)14-27-23-21(22)8-11-26-23/h8,11,14,17-18,20,25H,3-7,9-10,12,15-16H2,1-2H3,(H,26,27). The van der Waals surface area contributed by atoms with Gasteiger partial charge in [-0.2, -0.15) is 5.26 Å². The van der Waals surface area contributed by atoms with Gasteiger partial charge in [-0.15, -0.1) is 0 Å². The van der Waals surface area contributed by atoms with E-state index in [0.29, 0.717) is 30.6 Å². The van der Waals surface area contributed by atoms with E-state index in [1.165, 1.54) is 0 Å². The first kappa shape index (κ1) is 23.0. The van der Waals surface area contributed by atoms with Gasteiger partial charge in [0.2, 0.25) is 10.0 Å². The highest BCUT2D eigenvalue weighted by Gasteiger charge is 2.35. The molecule has 32 heavy (non-hydrogen) atoms. The molecule has 0 spiro atoms. The number of nitrogens with one attached hydrogen (secondary N) is 2. The van der Waals surface area contributed by atoms with Gasteiger partial charge < -0.3 is 15.2 Å². The van der Waals surface area contributed by atoms with Gasteiger partial charge in [-0.3, -0.25) is 0 Å². The molecule has 8 nitrogen and oxygen atoms in total. The Labute approximate surface area is 191 Å². The Morgan fingerprint density at radius 1 is 1.28 bits per heavy atom. The smallest absolute Gasteiger partial charge is 0.214 e. The van der Waals surface area contributed by atoms with E-state index in [4.69, 9.17) is 0 Å². The minimum atomic E-state index is -3.20. The average molecular weight is 459 g/mol. The molecule has 2 aromatic heterocycles. The van der Waals surface area contributed by atoms with Crippen LogP contribution < -0.4 is 10.2 Å². The summed E-state index contributed by atoms with van der Waals surface area (Å²) in [6.07, 6.45) is 9.14. The lowest BCUT2D eigenvalue weighted by atomic mass is 9.86. The van der Waals surface area contributed by atoms with Crippen LogP contribution in [0.15, 0.2) is 18.5 Å². The van der Waals surface area contributed by atoms with Gasteiger partial charge in [0.15, 0.2) is 0 Å². The number of hydrogen-bond donors (Lipinski definition) is 2. The number of fused-ring (bicyclic) bond motifs is 1. The number of hydrogen-bond acceptors (Lipinski definition) is 6. The molecule has 2 aromatic rings. The summed E-state index contributed by atoms with van der Waals surface area (Å²) in [4.78, 5) is 9.66. The molecule has 1 saturated carbocycles. The van der Waals surface area contributed by atoms with E-state index in [1.807, 2.05) is 26.4 Å². The van der Waals surface area contributed by atoms with Gasteiger partial charge in [-0.25, -0.2) is 17.7 Å². The first-order chi connectivity index (χ1) is 15.4. The minimum Gasteiger partial charge on any atom is -0.370 e. The molecule has 9 heteroatoms. The van der Waals surface area contributed by atoms with Gasteiger partial charge in [-0.1, -0.05) is 0 Å². The maximum absolute atomic E-state index is 13.0. The fourth-order valence-electron chi connectivity index (χ4n) is 5.37. The van der Waals surface area contributed by atoms with Crippen molar-refractivity contribution in [3.63, 3.8) is 0 Å². The molecule has 4 rings (SSSR count). The Morgan fingerprint density at radius 3 is 2.78 bits per heavy atom. The zero-order chi connectivity index (χ0) is 22.7. The van der Waals surface area contributed by atoms with E-state index in [2.05, 4.69) is 26.3 Å². The Kier molecular flexibility index (Phi) is 7.03. The van der Waals surface area contributed by atoms with Crippen LogP contribution in [0.5, 0.6) is 0 Å². The number of H-pyrrole nitrogens is 1. The van der Waals surface area contributed by atoms with Crippen molar-refractivity contribution in [2.75, 3.05) is 44.4 Å². The molecule has 174 valence electrons. The molecule has 0 amide bonds. The van der Waals surface area contributed by atoms with Gasteiger partial charge in [0.05, 0.1) is 17.0 Å². The predicted octanol–water partition coefficient (Wildman–Crippen LogP) is 2.69. The quantitative estimate of drug-likeness (QED) is 0.630. The molecule has 0 radical (unpaired) electrons. The molecule has 2 fully saturated rings. The van der Waals surface area contributed by atoms with E-state index in [-0.39, 0.29) is 11.7 Å². The third-order valence-electron chi connectivity index (χ3n) is 7.29. The molecule has 1 aliphatic carbocycles. The lowest BCUT2D eigenvalue weighted by molar-refractivity contribution is 0.336. The zero-order valence-corrected chi connectivity index (χ0v) is 19.9. The maximum Gasteiger partial charge on any atom is 0.214 e. The van der Waals surface area contributed by atoms with Gasteiger partial charge in [0.1, 0.15) is 11.7 Å². The Morgan fingerprint density at radius 2 is 2.06 bits per heavy atom. The SMILES string of the molecule is CNCCC1CCN(S(=O)(=O)CC2CCC(N(C)c3c(C#N)cnc4[nH]ccc34)CC2)C1. The lowest BCUT2D eigenvalue weighted by Gasteiger charge is -2.36. The van der Waals surface area contributed by atoms with Crippen molar-refractivity contribution >= 4 is 26.7 Å². The second-order valence-electron chi connectivity index (χ2n) is 9.34. The maximum atomic E-state index is 13.0. The Bertz CT molecular complexity index is 1070. The molecular formula is C23H34N6O2S. The van der Waals surface area contributed by atoms with E-state index in [9.17, 15) is 13.7 Å². The number of rotatable bonds is 8. The van der Waals surface area contributed by atoms with Crippen molar-refractivity contribution in [2.45, 2.75) is 44.6 Å². The number of aromatic amines is 1. The van der Waals surface area contributed by atoms with Crippen LogP contribution in [0.3, 0.4) is 0 Å². The fourth-order valence-corrected chi connectivity index (χ4v) is 7.34. The molecule has 1 saturated heterocycles. The van der Waals surface area contributed by atoms with Gasteiger partial charge in [0.25, 0.3) is 0 Å². The van der Waals surface area contributed by atoms with Crippen molar-refractivity contribution in [3.05, 3.63) is 24.0 Å². The number of sulfonamides is 1. The molecule has 2 N–H and O–H groups in total. The summed E-state index contributed by atoms with van der Waals surface area (Å²) in [5.41, 5.74) is 2.27. The summed E-state index contributed by atoms with van der Waals surface area (Å²) in [5.74, 6) is 0.950. The zero-order valence-electron chi connectivity index (χ0n) is 19.0.